The molecule has 2 aromatic carbocycles. The van der Waals surface area contributed by atoms with Crippen molar-refractivity contribution in [1.29, 1.82) is 0 Å². The normalized spacial score (nSPS) is 10.6. The first-order chi connectivity index (χ1) is 10.1. The molecule has 106 valence electrons. The number of hydrogen-bond donors (Lipinski definition) is 2. The van der Waals surface area contributed by atoms with Crippen LogP contribution >= 0.6 is 35.4 Å². The number of rotatable bonds is 3. The number of anilines is 1. The van der Waals surface area contributed by atoms with E-state index in [0.29, 0.717) is 14.8 Å². The highest BCUT2D eigenvalue weighted by molar-refractivity contribution is 7.71. The first-order valence-corrected chi connectivity index (χ1v) is 7.39. The topological polar surface area (TPSA) is 32.8 Å². The minimum Gasteiger partial charge on any atom is -0.335 e. The molecule has 0 amide bonds. The van der Waals surface area contributed by atoms with E-state index in [-0.39, 0.29) is 0 Å². The number of aromatic nitrogens is 2. The van der Waals surface area contributed by atoms with Crippen LogP contribution in [-0.4, -0.2) is 9.66 Å². The summed E-state index contributed by atoms with van der Waals surface area (Å²) in [6.45, 7) is 0. The summed E-state index contributed by atoms with van der Waals surface area (Å²) in [4.78, 5) is 3.03. The second-order valence-electron chi connectivity index (χ2n) is 4.41. The molecule has 2 N–H and O–H groups in total. The van der Waals surface area contributed by atoms with Crippen LogP contribution in [0.25, 0.3) is 11.3 Å². The fraction of sp³-hybridized carbons (Fsp3) is 0. The largest absolute Gasteiger partial charge is 0.335 e. The standard InChI is InChI=1S/C15H11Cl2N3S/c16-11-7-5-10(6-8-11)14-9-18-15(21)20(14)19-13-4-2-1-3-12(13)17/h1-9,19H,(H,18,21). The molecule has 1 heterocycles. The van der Waals surface area contributed by atoms with Crippen LogP contribution in [0, 0.1) is 4.77 Å². The van der Waals surface area contributed by atoms with Crippen molar-refractivity contribution >= 4 is 41.1 Å². The van der Waals surface area contributed by atoms with Crippen LogP contribution in [0.4, 0.5) is 5.69 Å². The van der Waals surface area contributed by atoms with Gasteiger partial charge in [-0.15, -0.1) is 0 Å². The number of hydrogen-bond acceptors (Lipinski definition) is 2. The Morgan fingerprint density at radius 1 is 1.00 bits per heavy atom. The van der Waals surface area contributed by atoms with E-state index in [1.54, 1.807) is 4.68 Å². The van der Waals surface area contributed by atoms with Crippen molar-refractivity contribution in [2.24, 2.45) is 0 Å². The molecular weight excluding hydrogens is 325 g/mol. The summed E-state index contributed by atoms with van der Waals surface area (Å²) in [5.41, 5.74) is 5.89. The molecule has 0 unspecified atom stereocenters. The van der Waals surface area contributed by atoms with Gasteiger partial charge in [-0.05, 0) is 36.5 Å². The van der Waals surface area contributed by atoms with Crippen molar-refractivity contribution in [1.82, 2.24) is 9.66 Å². The SMILES string of the molecule is S=c1[nH]cc(-c2ccc(Cl)cc2)n1Nc1ccccc1Cl. The molecule has 1 aromatic heterocycles. The molecule has 0 aliphatic heterocycles. The molecule has 3 aromatic rings. The van der Waals surface area contributed by atoms with Gasteiger partial charge in [-0.3, -0.25) is 5.43 Å². The van der Waals surface area contributed by atoms with Crippen LogP contribution in [0.3, 0.4) is 0 Å². The smallest absolute Gasteiger partial charge is 0.196 e. The molecule has 3 nitrogen and oxygen atoms in total. The van der Waals surface area contributed by atoms with Gasteiger partial charge in [0.15, 0.2) is 4.77 Å². The van der Waals surface area contributed by atoms with Crippen molar-refractivity contribution in [3.8, 4) is 11.3 Å². The summed E-state index contributed by atoms with van der Waals surface area (Å²) in [6.07, 6.45) is 1.84. The number of imidazole rings is 1. The maximum atomic E-state index is 6.18. The summed E-state index contributed by atoms with van der Waals surface area (Å²) in [5, 5.41) is 1.32. The minimum atomic E-state index is 0.555. The summed E-state index contributed by atoms with van der Waals surface area (Å²) in [5.74, 6) is 0. The molecule has 3 rings (SSSR count). The van der Waals surface area contributed by atoms with Gasteiger partial charge in [-0.1, -0.05) is 47.5 Å². The molecule has 0 spiro atoms. The van der Waals surface area contributed by atoms with Crippen LogP contribution in [0.1, 0.15) is 0 Å². The van der Waals surface area contributed by atoms with Gasteiger partial charge in [0, 0.05) is 16.8 Å². The monoisotopic (exact) mass is 335 g/mol. The van der Waals surface area contributed by atoms with E-state index in [4.69, 9.17) is 35.4 Å². The highest BCUT2D eigenvalue weighted by Gasteiger charge is 2.08. The molecule has 0 aliphatic carbocycles. The molecule has 0 saturated heterocycles. The summed E-state index contributed by atoms with van der Waals surface area (Å²) in [6, 6.07) is 15.1. The van der Waals surface area contributed by atoms with Gasteiger partial charge in [0.05, 0.1) is 16.4 Å². The third kappa shape index (κ3) is 2.97. The van der Waals surface area contributed by atoms with Crippen molar-refractivity contribution in [3.05, 3.63) is 69.5 Å². The molecule has 0 atom stereocenters. The van der Waals surface area contributed by atoms with E-state index in [9.17, 15) is 0 Å². The van der Waals surface area contributed by atoms with E-state index in [0.717, 1.165) is 16.9 Å². The number of benzene rings is 2. The van der Waals surface area contributed by atoms with Gasteiger partial charge in [0.25, 0.3) is 0 Å². The number of nitrogens with zero attached hydrogens (tertiary/aromatic N) is 1. The maximum Gasteiger partial charge on any atom is 0.196 e. The van der Waals surface area contributed by atoms with Crippen molar-refractivity contribution < 1.29 is 0 Å². The van der Waals surface area contributed by atoms with Crippen LogP contribution in [0.2, 0.25) is 10.0 Å². The second-order valence-corrected chi connectivity index (χ2v) is 5.64. The fourth-order valence-electron chi connectivity index (χ4n) is 1.99. The highest BCUT2D eigenvalue weighted by Crippen LogP contribution is 2.25. The van der Waals surface area contributed by atoms with Gasteiger partial charge < -0.3 is 4.98 Å². The number of aromatic amines is 1. The molecular formula is C15H11Cl2N3S. The van der Waals surface area contributed by atoms with Crippen LogP contribution < -0.4 is 5.43 Å². The zero-order valence-corrected chi connectivity index (χ0v) is 13.1. The molecule has 0 fully saturated rings. The van der Waals surface area contributed by atoms with Crippen LogP contribution in [0.15, 0.2) is 54.7 Å². The average Bonchev–Trinajstić information content (AvgIpc) is 2.84. The van der Waals surface area contributed by atoms with E-state index in [1.165, 1.54) is 0 Å². The van der Waals surface area contributed by atoms with Gasteiger partial charge in [0.1, 0.15) is 0 Å². The van der Waals surface area contributed by atoms with Crippen LogP contribution in [-0.2, 0) is 0 Å². The van der Waals surface area contributed by atoms with Crippen molar-refractivity contribution in [3.63, 3.8) is 0 Å². The molecule has 0 saturated carbocycles. The number of H-pyrrole nitrogens is 1. The number of para-hydroxylation sites is 1. The van der Waals surface area contributed by atoms with Gasteiger partial charge >= 0.3 is 0 Å². The first-order valence-electron chi connectivity index (χ1n) is 6.23. The minimum absolute atomic E-state index is 0.555. The molecule has 6 heteroatoms. The Labute approximate surface area is 137 Å². The van der Waals surface area contributed by atoms with Crippen LogP contribution in [0.5, 0.6) is 0 Å². The summed E-state index contributed by atoms with van der Waals surface area (Å²) < 4.78 is 2.33. The summed E-state index contributed by atoms with van der Waals surface area (Å²) >= 11 is 17.4. The Morgan fingerprint density at radius 2 is 1.71 bits per heavy atom. The van der Waals surface area contributed by atoms with Gasteiger partial charge in [0.2, 0.25) is 0 Å². The molecule has 0 radical (unpaired) electrons. The Kier molecular flexibility index (Phi) is 4.01. The third-order valence-corrected chi connectivity index (χ3v) is 3.90. The number of halogens is 2. The lowest BCUT2D eigenvalue weighted by Crippen LogP contribution is -2.10. The zero-order valence-electron chi connectivity index (χ0n) is 10.8. The van der Waals surface area contributed by atoms with Gasteiger partial charge in [-0.25, -0.2) is 4.68 Å². The van der Waals surface area contributed by atoms with E-state index in [1.807, 2.05) is 54.7 Å². The maximum absolute atomic E-state index is 6.18. The highest BCUT2D eigenvalue weighted by atomic mass is 35.5. The lowest BCUT2D eigenvalue weighted by Gasteiger charge is -2.12. The Bertz CT molecular complexity index is 821. The molecule has 21 heavy (non-hydrogen) atoms. The molecule has 0 aliphatic rings. The Hall–Kier alpha value is -1.75. The van der Waals surface area contributed by atoms with Gasteiger partial charge in [-0.2, -0.15) is 0 Å². The Morgan fingerprint density at radius 3 is 2.43 bits per heavy atom. The zero-order chi connectivity index (χ0) is 14.8. The fourth-order valence-corrected chi connectivity index (χ4v) is 2.49. The lowest BCUT2D eigenvalue weighted by atomic mass is 10.2. The van der Waals surface area contributed by atoms with Crippen molar-refractivity contribution in [2.75, 3.05) is 5.43 Å². The lowest BCUT2D eigenvalue weighted by molar-refractivity contribution is 0.942. The van der Waals surface area contributed by atoms with Crippen molar-refractivity contribution in [2.45, 2.75) is 0 Å². The quantitative estimate of drug-likeness (QED) is 0.628. The average molecular weight is 336 g/mol. The second kappa shape index (κ2) is 5.93. The number of nitrogens with one attached hydrogen (secondary N) is 2. The van der Waals surface area contributed by atoms with E-state index in [2.05, 4.69) is 10.4 Å². The third-order valence-electron chi connectivity index (χ3n) is 3.02. The Balaban J connectivity index is 2.04. The molecule has 0 bridgehead atoms. The van der Waals surface area contributed by atoms with E-state index >= 15 is 0 Å². The predicted molar refractivity (Wildman–Crippen MR) is 90.5 cm³/mol. The summed E-state index contributed by atoms with van der Waals surface area (Å²) in [7, 11) is 0. The van der Waals surface area contributed by atoms with E-state index < -0.39 is 0 Å². The predicted octanol–water partition coefficient (Wildman–Crippen LogP) is 5.39. The first kappa shape index (κ1) is 14.2.